The monoisotopic (exact) mass is 289 g/mol. The molecule has 1 aromatic carbocycles. The lowest BCUT2D eigenvalue weighted by Gasteiger charge is -2.21. The molecule has 0 unspecified atom stereocenters. The maximum absolute atomic E-state index is 12.3. The maximum atomic E-state index is 12.3. The molecule has 1 fully saturated rings. The molecular formula is C16H23N3O2. The lowest BCUT2D eigenvalue weighted by molar-refractivity contribution is -0.114. The van der Waals surface area contributed by atoms with Gasteiger partial charge in [-0.05, 0) is 37.5 Å². The highest BCUT2D eigenvalue weighted by Gasteiger charge is 2.16. The van der Waals surface area contributed by atoms with E-state index in [0.29, 0.717) is 5.69 Å². The van der Waals surface area contributed by atoms with Crippen LogP contribution in [0.1, 0.15) is 38.2 Å². The van der Waals surface area contributed by atoms with Crippen molar-refractivity contribution in [2.75, 3.05) is 23.7 Å². The summed E-state index contributed by atoms with van der Waals surface area (Å²) in [5.41, 5.74) is 2.42. The van der Waals surface area contributed by atoms with E-state index in [0.717, 1.165) is 37.2 Å². The van der Waals surface area contributed by atoms with Crippen molar-refractivity contribution in [1.82, 2.24) is 4.90 Å². The van der Waals surface area contributed by atoms with E-state index in [-0.39, 0.29) is 11.9 Å². The fraction of sp³-hybridized carbons (Fsp3) is 0.500. The number of urea groups is 1. The Labute approximate surface area is 125 Å². The molecule has 5 heteroatoms. The first-order chi connectivity index (χ1) is 10.1. The van der Waals surface area contributed by atoms with E-state index >= 15 is 0 Å². The van der Waals surface area contributed by atoms with Gasteiger partial charge in [-0.3, -0.25) is 4.79 Å². The predicted molar refractivity (Wildman–Crippen MR) is 84.5 cm³/mol. The van der Waals surface area contributed by atoms with Crippen LogP contribution in [0.25, 0.3) is 0 Å². The van der Waals surface area contributed by atoms with Crippen molar-refractivity contribution in [3.63, 3.8) is 0 Å². The van der Waals surface area contributed by atoms with Crippen LogP contribution in [0.5, 0.6) is 0 Å². The van der Waals surface area contributed by atoms with Gasteiger partial charge in [0.2, 0.25) is 5.91 Å². The molecule has 0 spiro atoms. The standard InChI is InChI=1S/C16H23N3O2/c1-12-7-8-14(17-13(2)20)11-15(12)18-16(21)19-9-5-3-4-6-10-19/h7-8,11H,3-6,9-10H2,1-2H3,(H,17,20)(H,18,21). The summed E-state index contributed by atoms with van der Waals surface area (Å²) in [6.07, 6.45) is 4.53. The second kappa shape index (κ2) is 7.11. The topological polar surface area (TPSA) is 61.4 Å². The number of anilines is 2. The second-order valence-electron chi connectivity index (χ2n) is 5.54. The van der Waals surface area contributed by atoms with Gasteiger partial charge in [0.15, 0.2) is 0 Å². The minimum Gasteiger partial charge on any atom is -0.326 e. The van der Waals surface area contributed by atoms with Gasteiger partial charge in [-0.1, -0.05) is 18.9 Å². The molecular weight excluding hydrogens is 266 g/mol. The number of amides is 3. The first-order valence-electron chi connectivity index (χ1n) is 7.50. The van der Waals surface area contributed by atoms with Crippen LogP contribution in [0.15, 0.2) is 18.2 Å². The van der Waals surface area contributed by atoms with Crippen LogP contribution in [-0.4, -0.2) is 29.9 Å². The molecule has 114 valence electrons. The first kappa shape index (κ1) is 15.4. The number of carbonyl (C=O) groups is 2. The van der Waals surface area contributed by atoms with Crippen LogP contribution in [0.2, 0.25) is 0 Å². The zero-order valence-corrected chi connectivity index (χ0v) is 12.7. The van der Waals surface area contributed by atoms with Crippen LogP contribution in [0.4, 0.5) is 16.2 Å². The third-order valence-electron chi connectivity index (χ3n) is 3.69. The molecule has 5 nitrogen and oxygen atoms in total. The number of aryl methyl sites for hydroxylation is 1. The Balaban J connectivity index is 2.06. The number of nitrogens with zero attached hydrogens (tertiary/aromatic N) is 1. The number of rotatable bonds is 2. The second-order valence-corrected chi connectivity index (χ2v) is 5.54. The van der Waals surface area contributed by atoms with E-state index in [1.807, 2.05) is 24.0 Å². The van der Waals surface area contributed by atoms with Gasteiger partial charge < -0.3 is 15.5 Å². The number of benzene rings is 1. The smallest absolute Gasteiger partial charge is 0.321 e. The minimum atomic E-state index is -0.122. The van der Waals surface area contributed by atoms with Gasteiger partial charge in [0.05, 0.1) is 0 Å². The fourth-order valence-electron chi connectivity index (χ4n) is 2.51. The molecule has 21 heavy (non-hydrogen) atoms. The molecule has 0 aromatic heterocycles. The van der Waals surface area contributed by atoms with Crippen LogP contribution in [0, 0.1) is 6.92 Å². The highest BCUT2D eigenvalue weighted by atomic mass is 16.2. The Hall–Kier alpha value is -2.04. The zero-order valence-electron chi connectivity index (χ0n) is 12.7. The van der Waals surface area contributed by atoms with E-state index in [1.54, 1.807) is 6.07 Å². The molecule has 1 heterocycles. The summed E-state index contributed by atoms with van der Waals surface area (Å²) in [4.78, 5) is 25.3. The van der Waals surface area contributed by atoms with Gasteiger partial charge in [-0.25, -0.2) is 4.79 Å². The lowest BCUT2D eigenvalue weighted by Crippen LogP contribution is -2.35. The van der Waals surface area contributed by atoms with Crippen molar-refractivity contribution in [2.45, 2.75) is 39.5 Å². The van der Waals surface area contributed by atoms with Crippen LogP contribution in [-0.2, 0) is 4.79 Å². The normalized spacial score (nSPS) is 15.2. The van der Waals surface area contributed by atoms with Crippen LogP contribution in [0.3, 0.4) is 0 Å². The zero-order chi connectivity index (χ0) is 15.2. The van der Waals surface area contributed by atoms with Gasteiger partial charge in [-0.15, -0.1) is 0 Å². The molecule has 0 aliphatic carbocycles. The third kappa shape index (κ3) is 4.48. The average molecular weight is 289 g/mol. The van der Waals surface area contributed by atoms with Gasteiger partial charge in [0.25, 0.3) is 0 Å². The molecule has 2 rings (SSSR count). The number of nitrogens with one attached hydrogen (secondary N) is 2. The highest BCUT2D eigenvalue weighted by Crippen LogP contribution is 2.21. The van der Waals surface area contributed by atoms with Crippen molar-refractivity contribution in [2.24, 2.45) is 0 Å². The quantitative estimate of drug-likeness (QED) is 0.877. The number of likely N-dealkylation sites (tertiary alicyclic amines) is 1. The number of hydrogen-bond donors (Lipinski definition) is 2. The van der Waals surface area contributed by atoms with E-state index in [1.165, 1.54) is 19.8 Å². The molecule has 2 N–H and O–H groups in total. The summed E-state index contributed by atoms with van der Waals surface area (Å²) in [5, 5.41) is 5.69. The molecule has 1 aliphatic rings. The third-order valence-corrected chi connectivity index (χ3v) is 3.69. The van der Waals surface area contributed by atoms with E-state index in [2.05, 4.69) is 10.6 Å². The van der Waals surface area contributed by atoms with Crippen molar-refractivity contribution >= 4 is 23.3 Å². The highest BCUT2D eigenvalue weighted by molar-refractivity contribution is 5.93. The number of hydrogen-bond acceptors (Lipinski definition) is 2. The molecule has 1 saturated heterocycles. The van der Waals surface area contributed by atoms with Gasteiger partial charge in [-0.2, -0.15) is 0 Å². The molecule has 0 radical (unpaired) electrons. The van der Waals surface area contributed by atoms with Gasteiger partial charge in [0, 0.05) is 31.4 Å². The average Bonchev–Trinajstić information content (AvgIpc) is 2.71. The molecule has 0 bridgehead atoms. The molecule has 1 aliphatic heterocycles. The summed E-state index contributed by atoms with van der Waals surface area (Å²) in [5.74, 6) is -0.122. The SMILES string of the molecule is CC(=O)Nc1ccc(C)c(NC(=O)N2CCCCCC2)c1. The summed E-state index contributed by atoms with van der Waals surface area (Å²) in [6, 6.07) is 5.47. The Kier molecular flexibility index (Phi) is 5.20. The minimum absolute atomic E-state index is 0.0556. The summed E-state index contributed by atoms with van der Waals surface area (Å²) < 4.78 is 0. The van der Waals surface area contributed by atoms with Crippen LogP contribution >= 0.6 is 0 Å². The Morgan fingerprint density at radius 1 is 1.05 bits per heavy atom. The molecule has 0 atom stereocenters. The van der Waals surface area contributed by atoms with Crippen molar-refractivity contribution in [1.29, 1.82) is 0 Å². The van der Waals surface area contributed by atoms with Crippen molar-refractivity contribution < 1.29 is 9.59 Å². The molecule has 3 amide bonds. The largest absolute Gasteiger partial charge is 0.326 e. The summed E-state index contributed by atoms with van der Waals surface area (Å²) in [6.45, 7) is 5.04. The van der Waals surface area contributed by atoms with Crippen molar-refractivity contribution in [3.8, 4) is 0 Å². The molecule has 1 aromatic rings. The summed E-state index contributed by atoms with van der Waals surface area (Å²) >= 11 is 0. The van der Waals surface area contributed by atoms with Gasteiger partial charge >= 0.3 is 6.03 Å². The maximum Gasteiger partial charge on any atom is 0.321 e. The van der Waals surface area contributed by atoms with E-state index < -0.39 is 0 Å². The van der Waals surface area contributed by atoms with E-state index in [4.69, 9.17) is 0 Å². The Morgan fingerprint density at radius 3 is 2.33 bits per heavy atom. The number of carbonyl (C=O) groups excluding carboxylic acids is 2. The lowest BCUT2D eigenvalue weighted by atomic mass is 10.2. The Bertz CT molecular complexity index is 520. The van der Waals surface area contributed by atoms with E-state index in [9.17, 15) is 9.59 Å². The summed E-state index contributed by atoms with van der Waals surface area (Å²) in [7, 11) is 0. The van der Waals surface area contributed by atoms with Crippen LogP contribution < -0.4 is 10.6 Å². The fourth-order valence-corrected chi connectivity index (χ4v) is 2.51. The predicted octanol–water partition coefficient (Wildman–Crippen LogP) is 3.36. The molecule has 0 saturated carbocycles. The van der Waals surface area contributed by atoms with Crippen molar-refractivity contribution in [3.05, 3.63) is 23.8 Å². The Morgan fingerprint density at radius 2 is 1.71 bits per heavy atom. The van der Waals surface area contributed by atoms with Gasteiger partial charge in [0.1, 0.15) is 0 Å². The first-order valence-corrected chi connectivity index (χ1v) is 7.50.